The summed E-state index contributed by atoms with van der Waals surface area (Å²) in [7, 11) is 0. The summed E-state index contributed by atoms with van der Waals surface area (Å²) in [5, 5.41) is 0. The summed E-state index contributed by atoms with van der Waals surface area (Å²) in [4.78, 5) is 25.0. The lowest BCUT2D eigenvalue weighted by atomic mass is 10.1. The Morgan fingerprint density at radius 3 is 2.10 bits per heavy atom. The molecule has 0 saturated carbocycles. The maximum Gasteiger partial charge on any atom is 0.338 e. The molecule has 0 aliphatic carbocycles. The van der Waals surface area contributed by atoms with Crippen LogP contribution in [0.2, 0.25) is 0 Å². The first kappa shape index (κ1) is 21.3. The molecule has 30 heavy (non-hydrogen) atoms. The molecule has 0 fully saturated rings. The third-order valence-electron chi connectivity index (χ3n) is 4.17. The second-order valence-electron chi connectivity index (χ2n) is 6.17. The Labute approximate surface area is 174 Å². The zero-order valence-electron chi connectivity index (χ0n) is 17.2. The van der Waals surface area contributed by atoms with Crippen molar-refractivity contribution in [1.82, 2.24) is 0 Å². The zero-order valence-corrected chi connectivity index (χ0v) is 17.2. The van der Waals surface area contributed by atoms with Gasteiger partial charge in [0.15, 0.2) is 35.4 Å². The maximum absolute atomic E-state index is 12.6. The predicted octanol–water partition coefficient (Wildman–Crippen LogP) is 3.65. The summed E-state index contributed by atoms with van der Waals surface area (Å²) in [5.41, 5.74) is 0.563. The van der Waals surface area contributed by atoms with Crippen LogP contribution in [0.5, 0.6) is 28.7 Å². The van der Waals surface area contributed by atoms with E-state index in [2.05, 4.69) is 0 Å². The second kappa shape index (κ2) is 9.87. The highest BCUT2D eigenvalue weighted by Gasteiger charge is 2.21. The third kappa shape index (κ3) is 4.76. The topological polar surface area (TPSA) is 89.5 Å². The van der Waals surface area contributed by atoms with Gasteiger partial charge in [-0.3, -0.25) is 4.79 Å². The smallest absolute Gasteiger partial charge is 0.338 e. The summed E-state index contributed by atoms with van der Waals surface area (Å²) >= 11 is 0. The Morgan fingerprint density at radius 2 is 1.47 bits per heavy atom. The number of hydrogen-bond acceptors (Lipinski definition) is 8. The minimum atomic E-state index is -0.672. The molecule has 160 valence electrons. The standard InChI is InChI=1S/C22H24O8/c1-4-25-19-10-15(11-20(26-5-2)21(19)27-6-3)22(24)28-12-16(23)14-7-8-17-18(9-14)30-13-29-17/h7-11H,4-6,12-13H2,1-3H3. The molecule has 2 aromatic rings. The molecular weight excluding hydrogens is 392 g/mol. The first-order valence-corrected chi connectivity index (χ1v) is 9.73. The van der Waals surface area contributed by atoms with Crippen molar-refractivity contribution in [3.05, 3.63) is 41.5 Å². The van der Waals surface area contributed by atoms with Crippen molar-refractivity contribution in [2.45, 2.75) is 20.8 Å². The number of rotatable bonds is 10. The van der Waals surface area contributed by atoms with Crippen molar-refractivity contribution in [3.8, 4) is 28.7 Å². The van der Waals surface area contributed by atoms with E-state index in [-0.39, 0.29) is 18.1 Å². The van der Waals surface area contributed by atoms with Gasteiger partial charge in [-0.1, -0.05) is 0 Å². The van der Waals surface area contributed by atoms with Crippen LogP contribution in [-0.2, 0) is 4.74 Å². The lowest BCUT2D eigenvalue weighted by Crippen LogP contribution is -2.15. The first-order valence-electron chi connectivity index (χ1n) is 9.73. The van der Waals surface area contributed by atoms with Gasteiger partial charge in [0.1, 0.15) is 0 Å². The van der Waals surface area contributed by atoms with Gasteiger partial charge in [-0.25, -0.2) is 4.79 Å². The molecule has 1 aliphatic heterocycles. The monoisotopic (exact) mass is 416 g/mol. The lowest BCUT2D eigenvalue weighted by Gasteiger charge is -2.16. The predicted molar refractivity (Wildman–Crippen MR) is 107 cm³/mol. The second-order valence-corrected chi connectivity index (χ2v) is 6.17. The molecule has 0 unspecified atom stereocenters. The molecule has 0 spiro atoms. The average molecular weight is 416 g/mol. The summed E-state index contributed by atoms with van der Waals surface area (Å²) < 4.78 is 32.5. The van der Waals surface area contributed by atoms with Crippen LogP contribution in [0, 0.1) is 0 Å². The fraction of sp³-hybridized carbons (Fsp3) is 0.364. The molecule has 0 bridgehead atoms. The molecule has 8 heteroatoms. The number of ether oxygens (including phenoxy) is 6. The zero-order chi connectivity index (χ0) is 21.5. The highest BCUT2D eigenvalue weighted by atomic mass is 16.7. The Morgan fingerprint density at radius 1 is 0.833 bits per heavy atom. The van der Waals surface area contributed by atoms with E-state index in [1.807, 2.05) is 20.8 Å². The highest BCUT2D eigenvalue weighted by Crippen LogP contribution is 2.39. The highest BCUT2D eigenvalue weighted by molar-refractivity contribution is 6.00. The Hall–Kier alpha value is -3.42. The number of esters is 1. The van der Waals surface area contributed by atoms with Crippen LogP contribution >= 0.6 is 0 Å². The number of carbonyl (C=O) groups excluding carboxylic acids is 2. The lowest BCUT2D eigenvalue weighted by molar-refractivity contribution is 0.0474. The molecule has 2 aromatic carbocycles. The molecule has 1 heterocycles. The Kier molecular flexibility index (Phi) is 7.00. The maximum atomic E-state index is 12.6. The fourth-order valence-corrected chi connectivity index (χ4v) is 2.87. The van der Waals surface area contributed by atoms with Crippen LogP contribution in [-0.4, -0.2) is 45.0 Å². The number of ketones is 1. The molecule has 0 amide bonds. The molecule has 1 aliphatic rings. The van der Waals surface area contributed by atoms with Crippen molar-refractivity contribution in [2.75, 3.05) is 33.2 Å². The molecule has 0 aromatic heterocycles. The van der Waals surface area contributed by atoms with Crippen molar-refractivity contribution >= 4 is 11.8 Å². The van der Waals surface area contributed by atoms with E-state index in [0.29, 0.717) is 54.1 Å². The van der Waals surface area contributed by atoms with E-state index >= 15 is 0 Å². The van der Waals surface area contributed by atoms with Crippen LogP contribution in [0.3, 0.4) is 0 Å². The third-order valence-corrected chi connectivity index (χ3v) is 4.17. The molecule has 8 nitrogen and oxygen atoms in total. The fourth-order valence-electron chi connectivity index (χ4n) is 2.87. The van der Waals surface area contributed by atoms with Gasteiger partial charge in [0, 0.05) is 5.56 Å². The van der Waals surface area contributed by atoms with E-state index in [0.717, 1.165) is 0 Å². The van der Waals surface area contributed by atoms with Crippen LogP contribution in [0.1, 0.15) is 41.5 Å². The van der Waals surface area contributed by atoms with E-state index < -0.39 is 12.6 Å². The number of hydrogen-bond donors (Lipinski definition) is 0. The van der Waals surface area contributed by atoms with Gasteiger partial charge in [-0.05, 0) is 51.1 Å². The molecule has 0 N–H and O–H groups in total. The van der Waals surface area contributed by atoms with Crippen LogP contribution in [0.25, 0.3) is 0 Å². The molecule has 0 saturated heterocycles. The van der Waals surface area contributed by atoms with Crippen LogP contribution < -0.4 is 23.7 Å². The minimum Gasteiger partial charge on any atom is -0.490 e. The van der Waals surface area contributed by atoms with Gasteiger partial charge < -0.3 is 28.4 Å². The summed E-state index contributed by atoms with van der Waals surface area (Å²) in [6.07, 6.45) is 0. The molecule has 3 rings (SSSR count). The summed E-state index contributed by atoms with van der Waals surface area (Å²) in [6, 6.07) is 7.85. The number of fused-ring (bicyclic) bond motifs is 1. The van der Waals surface area contributed by atoms with Crippen molar-refractivity contribution in [3.63, 3.8) is 0 Å². The van der Waals surface area contributed by atoms with Gasteiger partial charge in [0.25, 0.3) is 0 Å². The van der Waals surface area contributed by atoms with E-state index in [9.17, 15) is 9.59 Å². The average Bonchev–Trinajstić information content (AvgIpc) is 3.22. The Bertz CT molecular complexity index is 894. The number of benzene rings is 2. The molecule has 0 radical (unpaired) electrons. The summed E-state index contributed by atoms with van der Waals surface area (Å²) in [6.45, 7) is 6.36. The number of Topliss-reactive ketones (excluding diaryl/α,β-unsaturated/α-hetero) is 1. The van der Waals surface area contributed by atoms with Gasteiger partial charge in [0.05, 0.1) is 25.4 Å². The SMILES string of the molecule is CCOc1cc(C(=O)OCC(=O)c2ccc3c(c2)OCO3)cc(OCC)c1OCC. The Balaban J connectivity index is 1.74. The normalized spacial score (nSPS) is 11.7. The van der Waals surface area contributed by atoms with Gasteiger partial charge >= 0.3 is 5.97 Å². The summed E-state index contributed by atoms with van der Waals surface area (Å²) in [5.74, 6) is 1.20. The first-order chi connectivity index (χ1) is 14.6. The van der Waals surface area contributed by atoms with E-state index in [4.69, 9.17) is 28.4 Å². The van der Waals surface area contributed by atoms with Crippen molar-refractivity contribution in [1.29, 1.82) is 0 Å². The molecule has 0 atom stereocenters. The van der Waals surface area contributed by atoms with Crippen molar-refractivity contribution in [2.24, 2.45) is 0 Å². The van der Waals surface area contributed by atoms with E-state index in [1.54, 1.807) is 18.2 Å². The van der Waals surface area contributed by atoms with Crippen molar-refractivity contribution < 1.29 is 38.0 Å². The van der Waals surface area contributed by atoms with E-state index in [1.165, 1.54) is 12.1 Å². The van der Waals surface area contributed by atoms with Crippen LogP contribution in [0.15, 0.2) is 30.3 Å². The quantitative estimate of drug-likeness (QED) is 0.428. The van der Waals surface area contributed by atoms with Gasteiger partial charge in [0.2, 0.25) is 12.5 Å². The largest absolute Gasteiger partial charge is 0.490 e. The van der Waals surface area contributed by atoms with Gasteiger partial charge in [-0.2, -0.15) is 0 Å². The molecular formula is C22H24O8. The minimum absolute atomic E-state index is 0.115. The van der Waals surface area contributed by atoms with Crippen LogP contribution in [0.4, 0.5) is 0 Å². The number of carbonyl (C=O) groups is 2. The van der Waals surface area contributed by atoms with Gasteiger partial charge in [-0.15, -0.1) is 0 Å².